The third-order valence-electron chi connectivity index (χ3n) is 4.53. The molecule has 3 unspecified atom stereocenters. The van der Waals surface area contributed by atoms with Crippen molar-refractivity contribution in [3.8, 4) is 0 Å². The van der Waals surface area contributed by atoms with E-state index in [1.807, 2.05) is 12.1 Å². The Balaban J connectivity index is 1.99. The Kier molecular flexibility index (Phi) is 6.78. The SMILES string of the molecule is CC(OS(C)(=O)=O)C1=NN(C)C(C(=O)NCc2ccc(C(C)(C)C)cc2)C1Cl. The summed E-state index contributed by atoms with van der Waals surface area (Å²) in [5.41, 5.74) is 2.57. The van der Waals surface area contributed by atoms with Crippen LogP contribution in [-0.4, -0.2) is 55.9 Å². The molecule has 1 amide bonds. The van der Waals surface area contributed by atoms with Gasteiger partial charge in [-0.05, 0) is 23.5 Å². The maximum atomic E-state index is 12.6. The molecular formula is C19H28ClN3O4S. The van der Waals surface area contributed by atoms with Crippen molar-refractivity contribution in [2.75, 3.05) is 13.3 Å². The zero-order chi connectivity index (χ0) is 21.3. The molecule has 0 saturated heterocycles. The number of halogens is 1. The zero-order valence-electron chi connectivity index (χ0n) is 17.1. The Morgan fingerprint density at radius 1 is 1.32 bits per heavy atom. The highest BCUT2D eigenvalue weighted by molar-refractivity contribution is 7.86. The number of nitrogens with one attached hydrogen (secondary N) is 1. The largest absolute Gasteiger partial charge is 0.350 e. The first-order valence-electron chi connectivity index (χ1n) is 9.00. The summed E-state index contributed by atoms with van der Waals surface area (Å²) in [5, 5.41) is 7.74. The smallest absolute Gasteiger partial charge is 0.265 e. The molecule has 1 aliphatic rings. The van der Waals surface area contributed by atoms with Crippen LogP contribution in [0.25, 0.3) is 0 Å². The molecule has 3 atom stereocenters. The summed E-state index contributed by atoms with van der Waals surface area (Å²) in [7, 11) is -2.04. The monoisotopic (exact) mass is 429 g/mol. The molecule has 7 nitrogen and oxygen atoms in total. The van der Waals surface area contributed by atoms with Crippen LogP contribution < -0.4 is 5.32 Å². The number of amides is 1. The van der Waals surface area contributed by atoms with Crippen molar-refractivity contribution in [1.82, 2.24) is 10.3 Å². The van der Waals surface area contributed by atoms with Gasteiger partial charge >= 0.3 is 0 Å². The van der Waals surface area contributed by atoms with Crippen LogP contribution in [0.4, 0.5) is 0 Å². The third kappa shape index (κ3) is 5.68. The Bertz CT molecular complexity index is 847. The fraction of sp³-hybridized carbons (Fsp3) is 0.579. The van der Waals surface area contributed by atoms with E-state index in [-0.39, 0.29) is 11.3 Å². The van der Waals surface area contributed by atoms with Crippen molar-refractivity contribution in [3.63, 3.8) is 0 Å². The van der Waals surface area contributed by atoms with E-state index in [2.05, 4.69) is 43.3 Å². The first kappa shape index (κ1) is 22.6. The van der Waals surface area contributed by atoms with Gasteiger partial charge in [-0.1, -0.05) is 45.0 Å². The fourth-order valence-corrected chi connectivity index (χ4v) is 4.11. The van der Waals surface area contributed by atoms with Crippen LogP contribution in [0.3, 0.4) is 0 Å². The predicted octanol–water partition coefficient (Wildman–Crippen LogP) is 2.24. The molecule has 9 heteroatoms. The molecule has 0 spiro atoms. The van der Waals surface area contributed by atoms with Gasteiger partial charge in [-0.3, -0.25) is 14.0 Å². The second-order valence-corrected chi connectivity index (χ2v) is 10.1. The van der Waals surface area contributed by atoms with Gasteiger partial charge in [-0.2, -0.15) is 13.5 Å². The van der Waals surface area contributed by atoms with Crippen molar-refractivity contribution in [1.29, 1.82) is 0 Å². The first-order valence-corrected chi connectivity index (χ1v) is 11.3. The number of hydrazone groups is 1. The number of nitrogens with zero attached hydrogens (tertiary/aromatic N) is 2. The van der Waals surface area contributed by atoms with Gasteiger partial charge in [0.25, 0.3) is 10.1 Å². The molecule has 156 valence electrons. The average Bonchev–Trinajstić information content (AvgIpc) is 2.85. The first-order chi connectivity index (χ1) is 12.8. The highest BCUT2D eigenvalue weighted by atomic mass is 35.5. The van der Waals surface area contributed by atoms with Crippen LogP contribution in [0.2, 0.25) is 0 Å². The van der Waals surface area contributed by atoms with Gasteiger partial charge in [-0.25, -0.2) is 0 Å². The fourth-order valence-electron chi connectivity index (χ4n) is 2.99. The van der Waals surface area contributed by atoms with Gasteiger partial charge in [0.05, 0.1) is 12.0 Å². The standard InChI is InChI=1S/C19H28ClN3O4S/c1-12(27-28(6,25)26)16-15(20)17(23(5)22-16)18(24)21-11-13-7-9-14(10-8-13)19(2,3)4/h7-10,12,15,17H,11H2,1-6H3,(H,21,24). The summed E-state index contributed by atoms with van der Waals surface area (Å²) in [5.74, 6) is -0.285. The molecule has 1 aromatic carbocycles. The second kappa shape index (κ2) is 8.39. The Hall–Kier alpha value is -1.64. The summed E-state index contributed by atoms with van der Waals surface area (Å²) in [6.45, 7) is 8.34. The molecule has 2 rings (SSSR count). The number of benzene rings is 1. The molecule has 1 heterocycles. The number of carbonyl (C=O) groups excluding carboxylic acids is 1. The van der Waals surface area contributed by atoms with Crippen molar-refractivity contribution in [2.45, 2.75) is 57.2 Å². The summed E-state index contributed by atoms with van der Waals surface area (Å²) >= 11 is 6.40. The van der Waals surface area contributed by atoms with E-state index in [0.29, 0.717) is 12.3 Å². The molecule has 0 bridgehead atoms. The third-order valence-corrected chi connectivity index (χ3v) is 5.63. The maximum absolute atomic E-state index is 12.6. The summed E-state index contributed by atoms with van der Waals surface area (Å²) in [6.07, 6.45) is 0.115. The average molecular weight is 430 g/mol. The minimum absolute atomic E-state index is 0.0681. The molecule has 1 N–H and O–H groups in total. The summed E-state index contributed by atoms with van der Waals surface area (Å²) in [4.78, 5) is 12.6. The number of likely N-dealkylation sites (N-methyl/N-ethyl adjacent to an activating group) is 1. The zero-order valence-corrected chi connectivity index (χ0v) is 18.6. The molecule has 1 aliphatic heterocycles. The minimum Gasteiger partial charge on any atom is -0.350 e. The van der Waals surface area contributed by atoms with E-state index in [1.54, 1.807) is 14.0 Å². The highest BCUT2D eigenvalue weighted by Gasteiger charge is 2.42. The summed E-state index contributed by atoms with van der Waals surface area (Å²) < 4.78 is 27.6. The molecular weight excluding hydrogens is 402 g/mol. The van der Waals surface area contributed by atoms with Crippen molar-refractivity contribution < 1.29 is 17.4 Å². The van der Waals surface area contributed by atoms with Crippen LogP contribution in [-0.2, 0) is 31.1 Å². The maximum Gasteiger partial charge on any atom is 0.265 e. The molecule has 0 aromatic heterocycles. The summed E-state index contributed by atoms with van der Waals surface area (Å²) in [6, 6.07) is 7.34. The van der Waals surface area contributed by atoms with Gasteiger partial charge in [0, 0.05) is 13.6 Å². The number of rotatable bonds is 6. The van der Waals surface area contributed by atoms with Crippen molar-refractivity contribution in [2.24, 2.45) is 5.10 Å². The number of carbonyl (C=O) groups is 1. The van der Waals surface area contributed by atoms with E-state index < -0.39 is 27.6 Å². The van der Waals surface area contributed by atoms with E-state index in [4.69, 9.17) is 15.8 Å². The second-order valence-electron chi connectivity index (χ2n) is 8.05. The molecule has 0 radical (unpaired) electrons. The van der Waals surface area contributed by atoms with Crippen molar-refractivity contribution in [3.05, 3.63) is 35.4 Å². The van der Waals surface area contributed by atoms with Gasteiger partial charge < -0.3 is 5.32 Å². The topological polar surface area (TPSA) is 88.1 Å². The lowest BCUT2D eigenvalue weighted by atomic mass is 9.87. The normalized spacial score (nSPS) is 21.4. The van der Waals surface area contributed by atoms with E-state index in [9.17, 15) is 13.2 Å². The Labute approximate surface area is 172 Å². The quantitative estimate of drug-likeness (QED) is 0.553. The van der Waals surface area contributed by atoms with Crippen LogP contribution in [0.1, 0.15) is 38.8 Å². The molecule has 0 fully saturated rings. The van der Waals surface area contributed by atoms with E-state index in [1.165, 1.54) is 10.6 Å². The lowest BCUT2D eigenvalue weighted by molar-refractivity contribution is -0.125. The van der Waals surface area contributed by atoms with Crippen LogP contribution >= 0.6 is 11.6 Å². The molecule has 28 heavy (non-hydrogen) atoms. The Morgan fingerprint density at radius 3 is 2.39 bits per heavy atom. The van der Waals surface area contributed by atoms with Gasteiger partial charge in [-0.15, -0.1) is 11.6 Å². The van der Waals surface area contributed by atoms with E-state index >= 15 is 0 Å². The lowest BCUT2D eigenvalue weighted by Crippen LogP contribution is -2.47. The van der Waals surface area contributed by atoms with Gasteiger partial charge in [0.2, 0.25) is 5.91 Å². The predicted molar refractivity (Wildman–Crippen MR) is 111 cm³/mol. The highest BCUT2D eigenvalue weighted by Crippen LogP contribution is 2.24. The number of hydrogen-bond acceptors (Lipinski definition) is 6. The van der Waals surface area contributed by atoms with Crippen LogP contribution in [0.5, 0.6) is 0 Å². The minimum atomic E-state index is -3.66. The van der Waals surface area contributed by atoms with Crippen LogP contribution in [0, 0.1) is 0 Å². The van der Waals surface area contributed by atoms with Crippen molar-refractivity contribution >= 4 is 33.3 Å². The molecule has 0 saturated carbocycles. The van der Waals surface area contributed by atoms with E-state index in [0.717, 1.165) is 11.8 Å². The van der Waals surface area contributed by atoms with Gasteiger partial charge in [0.15, 0.2) is 0 Å². The number of alkyl halides is 1. The van der Waals surface area contributed by atoms with Gasteiger partial charge in [0.1, 0.15) is 17.5 Å². The molecule has 0 aliphatic carbocycles. The Morgan fingerprint density at radius 2 is 1.89 bits per heavy atom. The molecule has 1 aromatic rings. The lowest BCUT2D eigenvalue weighted by Gasteiger charge is -2.22. The number of hydrogen-bond donors (Lipinski definition) is 1. The van der Waals surface area contributed by atoms with Crippen LogP contribution in [0.15, 0.2) is 29.4 Å².